The smallest absolute Gasteiger partial charge is 0.00675 e. The first-order valence-corrected chi connectivity index (χ1v) is 6.57. The maximum Gasteiger partial charge on any atom is 0.00675 e. The zero-order valence-electron chi connectivity index (χ0n) is 10.9. The summed E-state index contributed by atoms with van der Waals surface area (Å²) in [4.78, 5) is 2.65. The van der Waals surface area contributed by atoms with Crippen molar-refractivity contribution in [2.45, 2.75) is 59.0 Å². The quantitative estimate of drug-likeness (QED) is 0.681. The number of nitrogens with zero attached hydrogens (tertiary/aromatic N) is 1. The predicted octanol–water partition coefficient (Wildman–Crippen LogP) is 2.49. The fourth-order valence-electron chi connectivity index (χ4n) is 2.34. The Balaban J connectivity index is 2.05. The molecular formula is C13H28N2. The van der Waals surface area contributed by atoms with Gasteiger partial charge in [-0.2, -0.15) is 0 Å². The molecule has 0 aromatic rings. The molecular weight excluding hydrogens is 184 g/mol. The molecule has 1 saturated heterocycles. The zero-order chi connectivity index (χ0) is 11.3. The maximum absolute atomic E-state index is 3.48. The van der Waals surface area contributed by atoms with Crippen LogP contribution in [0, 0.1) is 5.92 Å². The fourth-order valence-corrected chi connectivity index (χ4v) is 2.34. The van der Waals surface area contributed by atoms with Crippen LogP contribution >= 0.6 is 0 Å². The van der Waals surface area contributed by atoms with Crippen LogP contribution in [-0.4, -0.2) is 36.6 Å². The van der Waals surface area contributed by atoms with Gasteiger partial charge in [0.25, 0.3) is 0 Å². The van der Waals surface area contributed by atoms with Crippen molar-refractivity contribution >= 4 is 0 Å². The van der Waals surface area contributed by atoms with Gasteiger partial charge in [0.15, 0.2) is 0 Å². The van der Waals surface area contributed by atoms with Crippen molar-refractivity contribution in [3.63, 3.8) is 0 Å². The molecule has 1 fully saturated rings. The van der Waals surface area contributed by atoms with Crippen molar-refractivity contribution in [3.8, 4) is 0 Å². The number of hydrogen-bond acceptors (Lipinski definition) is 2. The largest absolute Gasteiger partial charge is 0.315 e. The van der Waals surface area contributed by atoms with Crippen molar-refractivity contribution in [2.24, 2.45) is 5.92 Å². The zero-order valence-corrected chi connectivity index (χ0v) is 10.9. The van der Waals surface area contributed by atoms with Gasteiger partial charge in [-0.15, -0.1) is 0 Å². The van der Waals surface area contributed by atoms with Crippen LogP contribution in [0.5, 0.6) is 0 Å². The van der Waals surface area contributed by atoms with E-state index in [2.05, 4.69) is 37.9 Å². The monoisotopic (exact) mass is 212 g/mol. The van der Waals surface area contributed by atoms with Crippen LogP contribution < -0.4 is 5.32 Å². The first kappa shape index (κ1) is 13.0. The average molecular weight is 212 g/mol. The Hall–Kier alpha value is -0.0800. The van der Waals surface area contributed by atoms with Crippen LogP contribution in [0.3, 0.4) is 0 Å². The molecule has 15 heavy (non-hydrogen) atoms. The van der Waals surface area contributed by atoms with E-state index < -0.39 is 0 Å². The van der Waals surface area contributed by atoms with Crippen LogP contribution in [-0.2, 0) is 0 Å². The van der Waals surface area contributed by atoms with Gasteiger partial charge < -0.3 is 10.2 Å². The number of hydrogen-bond donors (Lipinski definition) is 1. The Labute approximate surface area is 95.4 Å². The van der Waals surface area contributed by atoms with Gasteiger partial charge in [0.2, 0.25) is 0 Å². The Morgan fingerprint density at radius 3 is 2.60 bits per heavy atom. The van der Waals surface area contributed by atoms with Gasteiger partial charge in [0.05, 0.1) is 0 Å². The first-order chi connectivity index (χ1) is 7.09. The lowest BCUT2D eigenvalue weighted by molar-refractivity contribution is 0.236. The third kappa shape index (κ3) is 4.98. The normalized spacial score (nSPS) is 25.0. The van der Waals surface area contributed by atoms with E-state index >= 15 is 0 Å². The molecule has 0 amide bonds. The topological polar surface area (TPSA) is 15.3 Å². The summed E-state index contributed by atoms with van der Waals surface area (Å²) in [5.74, 6) is 0.918. The van der Waals surface area contributed by atoms with Crippen molar-refractivity contribution in [1.29, 1.82) is 0 Å². The molecule has 2 heteroatoms. The van der Waals surface area contributed by atoms with Gasteiger partial charge in [-0.3, -0.25) is 0 Å². The van der Waals surface area contributed by atoms with Gasteiger partial charge in [-0.05, 0) is 45.2 Å². The van der Waals surface area contributed by atoms with Crippen molar-refractivity contribution in [3.05, 3.63) is 0 Å². The molecule has 0 saturated carbocycles. The van der Waals surface area contributed by atoms with E-state index in [0.717, 1.165) is 12.0 Å². The summed E-state index contributed by atoms with van der Waals surface area (Å²) >= 11 is 0. The maximum atomic E-state index is 3.48. The molecule has 2 atom stereocenters. The lowest BCUT2D eigenvalue weighted by atomic mass is 10.1. The van der Waals surface area contributed by atoms with Gasteiger partial charge in [0.1, 0.15) is 0 Å². The summed E-state index contributed by atoms with van der Waals surface area (Å²) in [6.07, 6.45) is 4.05. The molecule has 0 bridgehead atoms. The van der Waals surface area contributed by atoms with Crippen LogP contribution in [0.4, 0.5) is 0 Å². The van der Waals surface area contributed by atoms with Crippen molar-refractivity contribution in [1.82, 2.24) is 10.2 Å². The molecule has 0 spiro atoms. The van der Waals surface area contributed by atoms with E-state index in [1.54, 1.807) is 0 Å². The summed E-state index contributed by atoms with van der Waals surface area (Å²) < 4.78 is 0. The number of rotatable bonds is 6. The second-order valence-electron chi connectivity index (χ2n) is 5.49. The predicted molar refractivity (Wildman–Crippen MR) is 67.2 cm³/mol. The molecule has 1 aliphatic rings. The third-order valence-corrected chi connectivity index (χ3v) is 3.43. The highest BCUT2D eigenvalue weighted by Gasteiger charge is 2.22. The second-order valence-corrected chi connectivity index (χ2v) is 5.49. The van der Waals surface area contributed by atoms with E-state index in [0.29, 0.717) is 6.04 Å². The summed E-state index contributed by atoms with van der Waals surface area (Å²) in [5, 5.41) is 3.48. The molecule has 0 aromatic heterocycles. The Bertz CT molecular complexity index is 168. The first-order valence-electron chi connectivity index (χ1n) is 6.57. The van der Waals surface area contributed by atoms with Crippen molar-refractivity contribution < 1.29 is 0 Å². The molecule has 1 rings (SSSR count). The van der Waals surface area contributed by atoms with E-state index in [4.69, 9.17) is 0 Å². The standard InChI is InChI=1S/C13H28N2/c1-11(2)14-8-5-6-13(4)15-9-7-12(3)10-15/h11-14H,5-10H2,1-4H3. The number of likely N-dealkylation sites (tertiary alicyclic amines) is 1. The summed E-state index contributed by atoms with van der Waals surface area (Å²) in [6.45, 7) is 13.0. The number of nitrogens with one attached hydrogen (secondary N) is 1. The highest BCUT2D eigenvalue weighted by Crippen LogP contribution is 2.19. The second kappa shape index (κ2) is 6.49. The highest BCUT2D eigenvalue weighted by atomic mass is 15.2. The molecule has 90 valence electrons. The molecule has 2 nitrogen and oxygen atoms in total. The molecule has 1 aliphatic heterocycles. The Morgan fingerprint density at radius 1 is 1.33 bits per heavy atom. The van der Waals surface area contributed by atoms with E-state index in [9.17, 15) is 0 Å². The minimum absolute atomic E-state index is 0.632. The molecule has 0 aromatic carbocycles. The summed E-state index contributed by atoms with van der Waals surface area (Å²) in [7, 11) is 0. The minimum Gasteiger partial charge on any atom is -0.315 e. The van der Waals surface area contributed by atoms with Crippen LogP contribution in [0.2, 0.25) is 0 Å². The fraction of sp³-hybridized carbons (Fsp3) is 1.00. The third-order valence-electron chi connectivity index (χ3n) is 3.43. The van der Waals surface area contributed by atoms with E-state index in [1.807, 2.05) is 0 Å². The lowest BCUT2D eigenvalue weighted by Crippen LogP contribution is -2.32. The Kier molecular flexibility index (Phi) is 5.62. The molecule has 2 unspecified atom stereocenters. The van der Waals surface area contributed by atoms with Crippen molar-refractivity contribution in [2.75, 3.05) is 19.6 Å². The summed E-state index contributed by atoms with van der Waals surface area (Å²) in [5.41, 5.74) is 0. The van der Waals surface area contributed by atoms with Crippen LogP contribution in [0.15, 0.2) is 0 Å². The van der Waals surface area contributed by atoms with Gasteiger partial charge in [-0.1, -0.05) is 20.8 Å². The minimum atomic E-state index is 0.632. The molecule has 0 aliphatic carbocycles. The molecule has 1 heterocycles. The highest BCUT2D eigenvalue weighted by molar-refractivity contribution is 4.77. The van der Waals surface area contributed by atoms with E-state index in [1.165, 1.54) is 38.9 Å². The molecule has 1 N–H and O–H groups in total. The Morgan fingerprint density at radius 2 is 2.07 bits per heavy atom. The van der Waals surface area contributed by atoms with Crippen LogP contribution in [0.25, 0.3) is 0 Å². The SMILES string of the molecule is CC1CCN(C(C)CCCNC(C)C)C1. The van der Waals surface area contributed by atoms with Gasteiger partial charge >= 0.3 is 0 Å². The average Bonchev–Trinajstić information content (AvgIpc) is 2.59. The summed E-state index contributed by atoms with van der Waals surface area (Å²) in [6, 6.07) is 1.41. The van der Waals surface area contributed by atoms with Crippen LogP contribution in [0.1, 0.15) is 47.0 Å². The lowest BCUT2D eigenvalue weighted by Gasteiger charge is -2.24. The van der Waals surface area contributed by atoms with Gasteiger partial charge in [-0.25, -0.2) is 0 Å². The molecule has 0 radical (unpaired) electrons. The van der Waals surface area contributed by atoms with Gasteiger partial charge in [0, 0.05) is 18.6 Å². The van der Waals surface area contributed by atoms with E-state index in [-0.39, 0.29) is 0 Å².